The van der Waals surface area contributed by atoms with Gasteiger partial charge in [-0.2, -0.15) is 0 Å². The molecule has 0 radical (unpaired) electrons. The van der Waals surface area contributed by atoms with Crippen molar-refractivity contribution in [2.24, 2.45) is 0 Å². The monoisotopic (exact) mass is 184 g/mol. The molecule has 0 bridgehead atoms. The molecule has 1 amide bonds. The Morgan fingerprint density at radius 1 is 1.69 bits per heavy atom. The first kappa shape index (κ1) is 10.1. The smallest absolute Gasteiger partial charge is 0.415 e. The minimum absolute atomic E-state index is 0.341. The lowest BCUT2D eigenvalue weighted by molar-refractivity contribution is -0.00914. The number of amides is 1. The second kappa shape index (κ2) is 3.79. The van der Waals surface area contributed by atoms with Crippen LogP contribution in [0, 0.1) is 0 Å². The molecule has 0 saturated carbocycles. The number of carbonyl (C=O) groups is 1. The zero-order valence-corrected chi connectivity index (χ0v) is 8.17. The van der Waals surface area contributed by atoms with Gasteiger partial charge < -0.3 is 4.74 Å². The summed E-state index contributed by atoms with van der Waals surface area (Å²) in [5.74, 6) is 0. The third-order valence-corrected chi connectivity index (χ3v) is 1.92. The van der Waals surface area contributed by atoms with Crippen LogP contribution in [-0.2, 0) is 4.74 Å². The summed E-state index contributed by atoms with van der Waals surface area (Å²) in [5, 5.41) is 3.13. The van der Waals surface area contributed by atoms with Gasteiger partial charge in [0, 0.05) is 19.3 Å². The van der Waals surface area contributed by atoms with E-state index in [4.69, 9.17) is 4.74 Å². The molecule has 1 heterocycles. The van der Waals surface area contributed by atoms with E-state index in [1.54, 1.807) is 0 Å². The molecule has 0 unspecified atom stereocenters. The Bertz CT molecular complexity index is 214. The molecule has 0 spiro atoms. The lowest BCUT2D eigenvalue weighted by Crippen LogP contribution is -2.49. The molecule has 0 aromatic carbocycles. The van der Waals surface area contributed by atoms with Crippen molar-refractivity contribution in [3.63, 3.8) is 0 Å². The average molecular weight is 184 g/mol. The topological polar surface area (TPSA) is 41.6 Å². The quantitative estimate of drug-likeness (QED) is 0.667. The molecule has 1 saturated heterocycles. The Labute approximate surface area is 78.5 Å². The zero-order valence-electron chi connectivity index (χ0n) is 8.17. The van der Waals surface area contributed by atoms with Crippen molar-refractivity contribution in [1.82, 2.24) is 10.2 Å². The Balaban J connectivity index is 2.66. The van der Waals surface area contributed by atoms with Crippen LogP contribution in [0.1, 0.15) is 20.3 Å². The Hall–Kier alpha value is -1.03. The highest BCUT2D eigenvalue weighted by Gasteiger charge is 2.26. The standard InChI is InChI=1S/C9H16N2O2/c1-4-11-7-5-6-10-9(2,3)13-8(11)12/h4,10H,1,5-7H2,2-3H3. The molecule has 4 nitrogen and oxygen atoms in total. The van der Waals surface area contributed by atoms with Crippen LogP contribution in [0.15, 0.2) is 12.8 Å². The maximum atomic E-state index is 11.4. The van der Waals surface area contributed by atoms with E-state index in [1.807, 2.05) is 13.8 Å². The minimum atomic E-state index is -0.585. The maximum Gasteiger partial charge on any atom is 0.415 e. The molecule has 1 aliphatic rings. The van der Waals surface area contributed by atoms with E-state index in [0.717, 1.165) is 13.0 Å². The number of hydrogen-bond donors (Lipinski definition) is 1. The van der Waals surface area contributed by atoms with E-state index in [2.05, 4.69) is 11.9 Å². The number of nitrogens with zero attached hydrogens (tertiary/aromatic N) is 1. The second-order valence-corrected chi connectivity index (χ2v) is 3.53. The number of nitrogens with one attached hydrogen (secondary N) is 1. The maximum absolute atomic E-state index is 11.4. The number of hydrogen-bond acceptors (Lipinski definition) is 3. The second-order valence-electron chi connectivity index (χ2n) is 3.53. The van der Waals surface area contributed by atoms with Gasteiger partial charge in [-0.25, -0.2) is 4.79 Å². The van der Waals surface area contributed by atoms with E-state index in [9.17, 15) is 4.79 Å². The molecular formula is C9H16N2O2. The molecular weight excluding hydrogens is 168 g/mol. The van der Waals surface area contributed by atoms with Crippen LogP contribution >= 0.6 is 0 Å². The lowest BCUT2D eigenvalue weighted by atomic mass is 10.2. The first-order chi connectivity index (χ1) is 6.05. The van der Waals surface area contributed by atoms with Crippen molar-refractivity contribution in [3.8, 4) is 0 Å². The van der Waals surface area contributed by atoms with E-state index in [0.29, 0.717) is 6.54 Å². The van der Waals surface area contributed by atoms with Crippen LogP contribution in [0.25, 0.3) is 0 Å². The number of ether oxygens (including phenoxy) is 1. The van der Waals surface area contributed by atoms with Gasteiger partial charge in [0.05, 0.1) is 0 Å². The first-order valence-electron chi connectivity index (χ1n) is 4.42. The van der Waals surface area contributed by atoms with Crippen molar-refractivity contribution in [1.29, 1.82) is 0 Å². The van der Waals surface area contributed by atoms with Crippen molar-refractivity contribution in [3.05, 3.63) is 12.8 Å². The van der Waals surface area contributed by atoms with E-state index >= 15 is 0 Å². The molecule has 0 atom stereocenters. The summed E-state index contributed by atoms with van der Waals surface area (Å²) in [6.45, 7) is 8.72. The van der Waals surface area contributed by atoms with Crippen LogP contribution < -0.4 is 5.32 Å². The SMILES string of the molecule is C=CN1CCCNC(C)(C)OC1=O. The largest absolute Gasteiger partial charge is 0.428 e. The summed E-state index contributed by atoms with van der Waals surface area (Å²) in [6, 6.07) is 0. The van der Waals surface area contributed by atoms with Gasteiger partial charge >= 0.3 is 6.09 Å². The van der Waals surface area contributed by atoms with Gasteiger partial charge in [0.2, 0.25) is 0 Å². The normalized spacial score (nSPS) is 22.9. The highest BCUT2D eigenvalue weighted by molar-refractivity contribution is 5.69. The summed E-state index contributed by atoms with van der Waals surface area (Å²) >= 11 is 0. The highest BCUT2D eigenvalue weighted by atomic mass is 16.6. The third kappa shape index (κ3) is 2.73. The molecule has 4 heteroatoms. The molecule has 0 aromatic rings. The van der Waals surface area contributed by atoms with Gasteiger partial charge in [-0.1, -0.05) is 6.58 Å². The summed E-state index contributed by atoms with van der Waals surface area (Å²) in [5.41, 5.74) is -0.585. The Morgan fingerprint density at radius 3 is 3.00 bits per heavy atom. The molecule has 1 aliphatic heterocycles. The summed E-state index contributed by atoms with van der Waals surface area (Å²) in [6.07, 6.45) is 2.07. The van der Waals surface area contributed by atoms with Crippen LogP contribution in [0.2, 0.25) is 0 Å². The van der Waals surface area contributed by atoms with Gasteiger partial charge in [-0.05, 0) is 20.3 Å². The van der Waals surface area contributed by atoms with Crippen molar-refractivity contribution in [2.45, 2.75) is 26.0 Å². The molecule has 1 fully saturated rings. The van der Waals surface area contributed by atoms with E-state index in [-0.39, 0.29) is 6.09 Å². The minimum Gasteiger partial charge on any atom is -0.428 e. The fourth-order valence-corrected chi connectivity index (χ4v) is 1.21. The molecule has 0 aromatic heterocycles. The van der Waals surface area contributed by atoms with Crippen molar-refractivity contribution >= 4 is 6.09 Å². The average Bonchev–Trinajstić information content (AvgIpc) is 2.01. The summed E-state index contributed by atoms with van der Waals surface area (Å²) < 4.78 is 5.19. The summed E-state index contributed by atoms with van der Waals surface area (Å²) in [4.78, 5) is 12.9. The first-order valence-corrected chi connectivity index (χ1v) is 4.42. The molecule has 13 heavy (non-hydrogen) atoms. The van der Waals surface area contributed by atoms with Crippen LogP contribution in [0.4, 0.5) is 4.79 Å². The van der Waals surface area contributed by atoms with Crippen molar-refractivity contribution < 1.29 is 9.53 Å². The van der Waals surface area contributed by atoms with Crippen LogP contribution in [0.3, 0.4) is 0 Å². The van der Waals surface area contributed by atoms with E-state index in [1.165, 1.54) is 11.1 Å². The van der Waals surface area contributed by atoms with Gasteiger partial charge in [-0.3, -0.25) is 10.2 Å². The van der Waals surface area contributed by atoms with Gasteiger partial charge in [0.15, 0.2) is 5.72 Å². The fraction of sp³-hybridized carbons (Fsp3) is 0.667. The Morgan fingerprint density at radius 2 is 2.38 bits per heavy atom. The molecule has 1 N–H and O–H groups in total. The molecule has 1 rings (SSSR count). The number of cyclic esters (lactones) is 1. The van der Waals surface area contributed by atoms with Crippen LogP contribution in [-0.4, -0.2) is 29.8 Å². The highest BCUT2D eigenvalue weighted by Crippen LogP contribution is 2.11. The molecule has 0 aliphatic carbocycles. The fourth-order valence-electron chi connectivity index (χ4n) is 1.21. The van der Waals surface area contributed by atoms with Gasteiger partial charge in [0.25, 0.3) is 0 Å². The van der Waals surface area contributed by atoms with Gasteiger partial charge in [-0.15, -0.1) is 0 Å². The number of carbonyl (C=O) groups excluding carboxylic acids is 1. The summed E-state index contributed by atoms with van der Waals surface area (Å²) in [7, 11) is 0. The van der Waals surface area contributed by atoms with Crippen LogP contribution in [0.5, 0.6) is 0 Å². The molecule has 74 valence electrons. The van der Waals surface area contributed by atoms with Crippen molar-refractivity contribution in [2.75, 3.05) is 13.1 Å². The predicted molar refractivity (Wildman–Crippen MR) is 50.1 cm³/mol. The van der Waals surface area contributed by atoms with E-state index < -0.39 is 5.72 Å². The third-order valence-electron chi connectivity index (χ3n) is 1.92. The zero-order chi connectivity index (χ0) is 9.90. The predicted octanol–water partition coefficient (Wildman–Crippen LogP) is 1.30. The lowest BCUT2D eigenvalue weighted by Gasteiger charge is -2.32. The number of rotatable bonds is 1. The van der Waals surface area contributed by atoms with Gasteiger partial charge in [0.1, 0.15) is 0 Å². The Kier molecular flexibility index (Phi) is 2.93.